The van der Waals surface area contributed by atoms with Crippen LogP contribution in [-0.2, 0) is 4.79 Å². The molecule has 190 valence electrons. The van der Waals surface area contributed by atoms with Gasteiger partial charge in [0.1, 0.15) is 0 Å². The number of nitrogens with zero attached hydrogens (tertiary/aromatic N) is 3. The molecule has 0 bridgehead atoms. The van der Waals surface area contributed by atoms with Crippen LogP contribution in [-0.4, -0.2) is 34.1 Å². The molecule has 1 aromatic heterocycles. The van der Waals surface area contributed by atoms with Crippen LogP contribution in [0.2, 0.25) is 0 Å². The van der Waals surface area contributed by atoms with Crippen molar-refractivity contribution in [2.24, 2.45) is 0 Å². The molecule has 0 fully saturated rings. The van der Waals surface area contributed by atoms with Crippen LogP contribution in [0.15, 0.2) is 48.5 Å². The second kappa shape index (κ2) is 12.2. The second-order valence-corrected chi connectivity index (χ2v) is 10.2. The molecule has 36 heavy (non-hydrogen) atoms. The van der Waals surface area contributed by atoms with Crippen LogP contribution in [0, 0.1) is 13.8 Å². The maximum Gasteiger partial charge on any atom is 0.303 e. The molecule has 0 saturated carbocycles. The highest BCUT2D eigenvalue weighted by Gasteiger charge is 2.29. The molecular weight excluding hydrogens is 446 g/mol. The van der Waals surface area contributed by atoms with Crippen molar-refractivity contribution >= 4 is 11.8 Å². The number of carbonyl (C=O) groups is 1. The van der Waals surface area contributed by atoms with Gasteiger partial charge >= 0.3 is 5.97 Å². The van der Waals surface area contributed by atoms with Gasteiger partial charge in [0.05, 0.1) is 17.1 Å². The van der Waals surface area contributed by atoms with Crippen molar-refractivity contribution in [1.29, 1.82) is 0 Å². The summed E-state index contributed by atoms with van der Waals surface area (Å²) in [5.74, 6) is 0.766. The van der Waals surface area contributed by atoms with E-state index < -0.39 is 5.97 Å². The third kappa shape index (κ3) is 6.31. The number of benzene rings is 2. The summed E-state index contributed by atoms with van der Waals surface area (Å²) in [6.07, 6.45) is 7.41. The molecule has 2 heterocycles. The first-order chi connectivity index (χ1) is 17.5. The zero-order valence-corrected chi connectivity index (χ0v) is 22.0. The lowest BCUT2D eigenvalue weighted by molar-refractivity contribution is -0.137. The van der Waals surface area contributed by atoms with Crippen LogP contribution < -0.4 is 4.90 Å². The molecule has 0 saturated heterocycles. The molecule has 0 spiro atoms. The normalized spacial score (nSPS) is 15.1. The largest absolute Gasteiger partial charge is 0.481 e. The number of aliphatic carboxylic acids is 1. The highest BCUT2D eigenvalue weighted by atomic mass is 16.4. The van der Waals surface area contributed by atoms with Crippen molar-refractivity contribution in [2.75, 3.05) is 18.0 Å². The molecule has 2 aromatic carbocycles. The van der Waals surface area contributed by atoms with E-state index in [1.54, 1.807) is 0 Å². The molecule has 0 aliphatic carbocycles. The summed E-state index contributed by atoms with van der Waals surface area (Å²) < 4.78 is 0. The van der Waals surface area contributed by atoms with E-state index in [1.165, 1.54) is 11.1 Å². The van der Waals surface area contributed by atoms with Crippen LogP contribution >= 0.6 is 0 Å². The average Bonchev–Trinajstić information content (AvgIpc) is 2.87. The lowest BCUT2D eigenvalue weighted by Crippen LogP contribution is -2.34. The third-order valence-electron chi connectivity index (χ3n) is 7.19. The maximum atomic E-state index is 10.8. The number of carboxylic acid groups (broad SMARTS) is 1. The lowest BCUT2D eigenvalue weighted by atomic mass is 9.91. The Bertz CT molecular complexity index is 1160. The van der Waals surface area contributed by atoms with Gasteiger partial charge in [0.15, 0.2) is 5.82 Å². The van der Waals surface area contributed by atoms with Crippen molar-refractivity contribution in [2.45, 2.75) is 78.1 Å². The zero-order chi connectivity index (χ0) is 25.5. The van der Waals surface area contributed by atoms with E-state index in [-0.39, 0.29) is 6.42 Å². The number of carboxylic acids is 1. The van der Waals surface area contributed by atoms with Crippen LogP contribution in [0.3, 0.4) is 0 Å². The molecular formula is C31H39N3O2. The van der Waals surface area contributed by atoms with Gasteiger partial charge in [0.2, 0.25) is 0 Å². The van der Waals surface area contributed by atoms with Gasteiger partial charge < -0.3 is 10.0 Å². The fourth-order valence-electron chi connectivity index (χ4n) is 5.11. The quantitative estimate of drug-likeness (QED) is 0.284. The predicted molar refractivity (Wildman–Crippen MR) is 148 cm³/mol. The van der Waals surface area contributed by atoms with Crippen LogP contribution in [0.1, 0.15) is 81.0 Å². The van der Waals surface area contributed by atoms with Crippen LogP contribution in [0.4, 0.5) is 5.82 Å². The molecule has 5 heteroatoms. The third-order valence-corrected chi connectivity index (χ3v) is 7.19. The molecule has 1 aliphatic rings. The van der Waals surface area contributed by atoms with Crippen molar-refractivity contribution in [3.63, 3.8) is 0 Å². The van der Waals surface area contributed by atoms with Gasteiger partial charge in [0.25, 0.3) is 0 Å². The van der Waals surface area contributed by atoms with Crippen molar-refractivity contribution in [3.8, 4) is 22.5 Å². The van der Waals surface area contributed by atoms with E-state index in [0.29, 0.717) is 5.92 Å². The summed E-state index contributed by atoms with van der Waals surface area (Å²) in [5.41, 5.74) is 7.72. The molecule has 0 radical (unpaired) electrons. The van der Waals surface area contributed by atoms with Gasteiger partial charge in [-0.25, -0.2) is 9.97 Å². The number of fused-ring (bicyclic) bond motifs is 1. The minimum absolute atomic E-state index is 0.262. The smallest absolute Gasteiger partial charge is 0.303 e. The Morgan fingerprint density at radius 3 is 2.06 bits per heavy atom. The zero-order valence-electron chi connectivity index (χ0n) is 22.0. The monoisotopic (exact) mass is 485 g/mol. The van der Waals surface area contributed by atoms with Crippen molar-refractivity contribution < 1.29 is 9.90 Å². The second-order valence-electron chi connectivity index (χ2n) is 10.2. The number of unbranched alkanes of at least 4 members (excludes halogenated alkanes) is 3. The van der Waals surface area contributed by atoms with Gasteiger partial charge in [-0.1, -0.05) is 85.8 Å². The molecule has 1 unspecified atom stereocenters. The first-order valence-corrected chi connectivity index (χ1v) is 13.5. The van der Waals surface area contributed by atoms with Gasteiger partial charge in [-0.2, -0.15) is 0 Å². The Kier molecular flexibility index (Phi) is 8.74. The molecule has 4 rings (SSSR count). The van der Waals surface area contributed by atoms with E-state index in [2.05, 4.69) is 74.2 Å². The fraction of sp³-hybridized carbons (Fsp3) is 0.452. The molecule has 1 atom stereocenters. The molecule has 1 aliphatic heterocycles. The first-order valence-electron chi connectivity index (χ1n) is 13.5. The number of anilines is 1. The van der Waals surface area contributed by atoms with Crippen molar-refractivity contribution in [1.82, 2.24) is 9.97 Å². The summed E-state index contributed by atoms with van der Waals surface area (Å²) in [5, 5.41) is 8.88. The lowest BCUT2D eigenvalue weighted by Gasteiger charge is -2.35. The van der Waals surface area contributed by atoms with Crippen LogP contribution in [0.25, 0.3) is 22.5 Å². The Hall–Kier alpha value is -3.21. The minimum Gasteiger partial charge on any atom is -0.481 e. The number of rotatable bonds is 11. The maximum absolute atomic E-state index is 10.8. The number of hydrogen-bond donors (Lipinski definition) is 1. The number of hydrogen-bond acceptors (Lipinski definition) is 4. The Morgan fingerprint density at radius 1 is 0.889 bits per heavy atom. The summed E-state index contributed by atoms with van der Waals surface area (Å²) in [7, 11) is 0. The average molecular weight is 486 g/mol. The van der Waals surface area contributed by atoms with Crippen molar-refractivity contribution in [3.05, 3.63) is 65.4 Å². The topological polar surface area (TPSA) is 66.3 Å². The molecule has 5 nitrogen and oxygen atoms in total. The highest BCUT2D eigenvalue weighted by Crippen LogP contribution is 2.40. The summed E-state index contributed by atoms with van der Waals surface area (Å²) in [4.78, 5) is 23.9. The first kappa shape index (κ1) is 25.9. The van der Waals surface area contributed by atoms with E-state index in [4.69, 9.17) is 15.1 Å². The fourth-order valence-corrected chi connectivity index (χ4v) is 5.11. The van der Waals surface area contributed by atoms with Gasteiger partial charge in [0, 0.05) is 36.6 Å². The minimum atomic E-state index is -0.704. The number of aryl methyl sites for hydroxylation is 2. The highest BCUT2D eigenvalue weighted by molar-refractivity contribution is 5.80. The van der Waals surface area contributed by atoms with E-state index in [9.17, 15) is 4.79 Å². The van der Waals surface area contributed by atoms with Gasteiger partial charge in [-0.3, -0.25) is 4.79 Å². The molecule has 1 N–H and O–H groups in total. The molecule has 3 aromatic rings. The van der Waals surface area contributed by atoms with E-state index in [0.717, 1.165) is 92.1 Å². The van der Waals surface area contributed by atoms with Gasteiger partial charge in [-0.15, -0.1) is 0 Å². The van der Waals surface area contributed by atoms with E-state index in [1.807, 2.05) is 0 Å². The Balaban J connectivity index is 1.70. The molecule has 0 amide bonds. The predicted octanol–water partition coefficient (Wildman–Crippen LogP) is 7.56. The summed E-state index contributed by atoms with van der Waals surface area (Å²) >= 11 is 0. The Labute approximate surface area is 215 Å². The number of aromatic nitrogens is 2. The van der Waals surface area contributed by atoms with Gasteiger partial charge in [-0.05, 0) is 39.5 Å². The standard InChI is InChI=1S/C31H39N3O2/c1-4-9-24-19-21-34(20-8-6-5-7-10-27(35)36)31-30(24)32-28(25-15-11-22(2)12-16-25)29(33-31)26-17-13-23(3)14-18-26/h11-18,24H,4-10,19-21H2,1-3H3,(H,35,36). The SMILES string of the molecule is CCCC1CCN(CCCCCCC(=O)O)c2nc(-c3ccc(C)cc3)c(-c3ccc(C)cc3)nc21. The van der Waals surface area contributed by atoms with Crippen LogP contribution in [0.5, 0.6) is 0 Å². The van der Waals surface area contributed by atoms with E-state index >= 15 is 0 Å². The Morgan fingerprint density at radius 2 is 1.47 bits per heavy atom. The summed E-state index contributed by atoms with van der Waals surface area (Å²) in [6.45, 7) is 8.40. The summed E-state index contributed by atoms with van der Waals surface area (Å²) in [6, 6.07) is 17.2.